The second-order valence-corrected chi connectivity index (χ2v) is 15.5. The Morgan fingerprint density at radius 1 is 0.400 bits per heavy atom. The van der Waals surface area contributed by atoms with Gasteiger partial charge in [0.05, 0.1) is 6.57 Å². The highest BCUT2D eigenvalue weighted by Gasteiger charge is 2.34. The molecule has 0 radical (unpaired) electrons. The van der Waals surface area contributed by atoms with Gasteiger partial charge in [-0.15, -0.1) is 0 Å². The molecule has 9 aromatic rings. The van der Waals surface area contributed by atoms with E-state index in [1.54, 1.807) is 0 Å². The molecule has 0 atom stereocenters. The number of aromatic nitrogens is 3. The van der Waals surface area contributed by atoms with Crippen molar-refractivity contribution in [2.24, 2.45) is 0 Å². The molecule has 0 spiro atoms. The topological polar surface area (TPSA) is 52.3 Å². The molecule has 0 saturated carbocycles. The summed E-state index contributed by atoms with van der Waals surface area (Å²) in [6.07, 6.45) is 0. The molecule has 2 heterocycles. The number of nitrogens with zero attached hydrogens (tertiary/aromatic N) is 4. The van der Waals surface area contributed by atoms with Crippen molar-refractivity contribution in [3.8, 4) is 95.5 Å². The van der Waals surface area contributed by atoms with Gasteiger partial charge in [-0.3, -0.25) is 0 Å². The summed E-state index contributed by atoms with van der Waals surface area (Å²) in [7, 11) is 0. The van der Waals surface area contributed by atoms with Crippen LogP contribution in [-0.2, 0) is 5.60 Å². The number of benzene rings is 8. The molecular weight excluding hydrogens is 733 g/mol. The van der Waals surface area contributed by atoms with Crippen molar-refractivity contribution in [2.45, 2.75) is 19.4 Å². The van der Waals surface area contributed by atoms with E-state index in [2.05, 4.69) is 144 Å². The quantitative estimate of drug-likeness (QED) is 0.151. The maximum absolute atomic E-state index is 7.76. The van der Waals surface area contributed by atoms with Gasteiger partial charge in [-0.05, 0) is 118 Å². The Hall–Kier alpha value is -7.94. The average Bonchev–Trinajstić information content (AvgIpc) is 3.31. The molecule has 1 aliphatic rings. The number of rotatable bonds is 7. The Labute approximate surface area is 350 Å². The Morgan fingerprint density at radius 3 is 1.25 bits per heavy atom. The fraction of sp³-hybridized carbons (Fsp3) is 0.0545. The smallest absolute Gasteiger partial charge is 0.187 e. The zero-order valence-corrected chi connectivity index (χ0v) is 33.2. The van der Waals surface area contributed by atoms with Crippen molar-refractivity contribution < 1.29 is 4.74 Å². The minimum absolute atomic E-state index is 0.521. The first-order chi connectivity index (χ1) is 29.4. The van der Waals surface area contributed by atoms with Crippen LogP contribution in [0, 0.1) is 6.57 Å². The van der Waals surface area contributed by atoms with Gasteiger partial charge in [0, 0.05) is 22.3 Å². The number of fused-ring (bicyclic) bond motifs is 3. The molecule has 0 fully saturated rings. The Kier molecular flexibility index (Phi) is 9.16. The standard InChI is InChI=1S/C55H38N4O/c1-55(2)49-35-46(56-3)27-28-47(49)51-48(25-16-26-50(51)60-55)54-58-52(44-31-40(36-17-8-4-9-18-36)29-41(32-44)37-19-10-5-11-20-37)57-53(59-54)45-33-42(38-21-12-6-13-22-38)30-43(34-45)39-23-14-7-15-24-39/h4-35H,1-2H3. The van der Waals surface area contributed by atoms with Gasteiger partial charge in [-0.2, -0.15) is 0 Å². The van der Waals surface area contributed by atoms with Crippen LogP contribution < -0.4 is 4.74 Å². The van der Waals surface area contributed by atoms with Gasteiger partial charge in [-0.1, -0.05) is 146 Å². The highest BCUT2D eigenvalue weighted by molar-refractivity contribution is 5.91. The van der Waals surface area contributed by atoms with Crippen molar-refractivity contribution in [3.63, 3.8) is 0 Å². The third-order valence-corrected chi connectivity index (χ3v) is 11.1. The van der Waals surface area contributed by atoms with Crippen molar-refractivity contribution >= 4 is 5.69 Å². The first-order valence-corrected chi connectivity index (χ1v) is 20.0. The van der Waals surface area contributed by atoms with Crippen LogP contribution in [0.2, 0.25) is 0 Å². The normalized spacial score (nSPS) is 12.4. The highest BCUT2D eigenvalue weighted by atomic mass is 16.5. The summed E-state index contributed by atoms with van der Waals surface area (Å²) in [6, 6.07) is 66.8. The molecule has 0 bridgehead atoms. The van der Waals surface area contributed by atoms with Gasteiger partial charge < -0.3 is 4.74 Å². The van der Waals surface area contributed by atoms with Crippen LogP contribution in [0.1, 0.15) is 19.4 Å². The largest absolute Gasteiger partial charge is 0.483 e. The highest BCUT2D eigenvalue weighted by Crippen LogP contribution is 2.50. The lowest BCUT2D eigenvalue weighted by Crippen LogP contribution is -2.29. The molecule has 0 amide bonds. The Bertz CT molecular complexity index is 2820. The van der Waals surface area contributed by atoms with E-state index in [0.717, 1.165) is 83.6 Å². The SMILES string of the molecule is [C-]#[N+]c1ccc2c(c1)C(C)(C)Oc1cccc(-c3nc(-c4cc(-c5ccccc5)cc(-c5ccccc5)c4)nc(-c4cc(-c5ccccc5)cc(-c5ccccc5)c4)n3)c1-2. The van der Waals surface area contributed by atoms with Gasteiger partial charge in [-0.25, -0.2) is 19.8 Å². The molecule has 0 unspecified atom stereocenters. The summed E-state index contributed by atoms with van der Waals surface area (Å²) < 4.78 is 6.72. The molecule has 5 heteroatoms. The summed E-state index contributed by atoms with van der Waals surface area (Å²) in [5.74, 6) is 2.36. The molecule has 1 aromatic heterocycles. The van der Waals surface area contributed by atoms with E-state index < -0.39 is 5.60 Å². The van der Waals surface area contributed by atoms with Gasteiger partial charge >= 0.3 is 0 Å². The van der Waals surface area contributed by atoms with Crippen LogP contribution in [0.25, 0.3) is 94.6 Å². The van der Waals surface area contributed by atoms with Gasteiger partial charge in [0.2, 0.25) is 0 Å². The summed E-state index contributed by atoms with van der Waals surface area (Å²) in [5, 5.41) is 0. The van der Waals surface area contributed by atoms with Crippen LogP contribution in [0.3, 0.4) is 0 Å². The van der Waals surface area contributed by atoms with E-state index >= 15 is 0 Å². The minimum Gasteiger partial charge on any atom is -0.483 e. The zero-order chi connectivity index (χ0) is 40.6. The molecule has 0 N–H and O–H groups in total. The second kappa shape index (κ2) is 15.1. The van der Waals surface area contributed by atoms with Crippen LogP contribution in [-0.4, -0.2) is 15.0 Å². The molecule has 0 saturated heterocycles. The van der Waals surface area contributed by atoms with E-state index in [1.807, 2.05) is 68.4 Å². The first kappa shape index (κ1) is 36.4. The number of hydrogen-bond acceptors (Lipinski definition) is 4. The van der Waals surface area contributed by atoms with Crippen LogP contribution >= 0.6 is 0 Å². The number of ether oxygens (including phenoxy) is 1. The zero-order valence-electron chi connectivity index (χ0n) is 33.2. The molecular formula is C55H38N4O. The average molecular weight is 771 g/mol. The number of hydrogen-bond donors (Lipinski definition) is 0. The Balaban J connectivity index is 1.25. The lowest BCUT2D eigenvalue weighted by Gasteiger charge is -2.36. The third-order valence-electron chi connectivity index (χ3n) is 11.1. The van der Waals surface area contributed by atoms with E-state index in [1.165, 1.54) is 0 Å². The molecule has 1 aliphatic heterocycles. The van der Waals surface area contributed by atoms with Gasteiger partial charge in [0.1, 0.15) is 11.4 Å². The van der Waals surface area contributed by atoms with Crippen molar-refractivity contribution in [3.05, 3.63) is 211 Å². The van der Waals surface area contributed by atoms with Crippen molar-refractivity contribution in [1.29, 1.82) is 0 Å². The molecule has 60 heavy (non-hydrogen) atoms. The van der Waals surface area contributed by atoms with Crippen LogP contribution in [0.4, 0.5) is 5.69 Å². The van der Waals surface area contributed by atoms with E-state index in [4.69, 9.17) is 26.3 Å². The lowest BCUT2D eigenvalue weighted by atomic mass is 9.84. The molecule has 0 aliphatic carbocycles. The minimum atomic E-state index is -0.658. The summed E-state index contributed by atoms with van der Waals surface area (Å²) in [5.41, 5.74) is 13.9. The molecule has 5 nitrogen and oxygen atoms in total. The van der Waals surface area contributed by atoms with E-state index in [0.29, 0.717) is 23.2 Å². The second-order valence-electron chi connectivity index (χ2n) is 15.5. The summed E-state index contributed by atoms with van der Waals surface area (Å²) >= 11 is 0. The summed E-state index contributed by atoms with van der Waals surface area (Å²) in [4.78, 5) is 19.8. The molecule has 284 valence electrons. The molecule has 10 rings (SSSR count). The first-order valence-electron chi connectivity index (χ1n) is 20.0. The fourth-order valence-electron chi connectivity index (χ4n) is 8.19. The predicted octanol–water partition coefficient (Wildman–Crippen LogP) is 14.4. The van der Waals surface area contributed by atoms with Gasteiger partial charge in [0.25, 0.3) is 0 Å². The monoisotopic (exact) mass is 770 g/mol. The lowest BCUT2D eigenvalue weighted by molar-refractivity contribution is 0.106. The fourth-order valence-corrected chi connectivity index (χ4v) is 8.19. The predicted molar refractivity (Wildman–Crippen MR) is 243 cm³/mol. The maximum Gasteiger partial charge on any atom is 0.187 e. The van der Waals surface area contributed by atoms with Crippen molar-refractivity contribution in [2.75, 3.05) is 0 Å². The summed E-state index contributed by atoms with van der Waals surface area (Å²) in [6.45, 7) is 11.8. The van der Waals surface area contributed by atoms with E-state index in [9.17, 15) is 0 Å². The third kappa shape index (κ3) is 6.91. The molecule has 8 aromatic carbocycles. The van der Waals surface area contributed by atoms with Crippen molar-refractivity contribution in [1.82, 2.24) is 15.0 Å². The van der Waals surface area contributed by atoms with Gasteiger partial charge in [0.15, 0.2) is 23.2 Å². The maximum atomic E-state index is 7.76. The Morgan fingerprint density at radius 2 is 0.817 bits per heavy atom. The van der Waals surface area contributed by atoms with Crippen LogP contribution in [0.15, 0.2) is 194 Å². The van der Waals surface area contributed by atoms with Crippen LogP contribution in [0.5, 0.6) is 5.75 Å². The van der Waals surface area contributed by atoms with E-state index in [-0.39, 0.29) is 0 Å².